The quantitative estimate of drug-likeness (QED) is 0.535. The van der Waals surface area contributed by atoms with Gasteiger partial charge in [-0.3, -0.25) is 9.59 Å². The topological polar surface area (TPSA) is 40.6 Å². The fraction of sp³-hybridized carbons (Fsp3) is 0.478. The summed E-state index contributed by atoms with van der Waals surface area (Å²) in [6.45, 7) is 8.13. The third kappa shape index (κ3) is 7.47. The second-order valence-electron chi connectivity index (χ2n) is 7.59. The number of thiophene rings is 1. The van der Waals surface area contributed by atoms with Gasteiger partial charge < -0.3 is 9.80 Å². The molecule has 0 aliphatic carbocycles. The maximum atomic E-state index is 13.2. The first-order valence-electron chi connectivity index (χ1n) is 10.1. The van der Waals surface area contributed by atoms with E-state index in [4.69, 9.17) is 0 Å². The van der Waals surface area contributed by atoms with Crippen LogP contribution in [0, 0.1) is 5.92 Å². The first-order chi connectivity index (χ1) is 13.5. The predicted octanol–water partition coefficient (Wildman–Crippen LogP) is 4.95. The van der Waals surface area contributed by atoms with Crippen molar-refractivity contribution in [3.63, 3.8) is 0 Å². The molecular formula is C23H32N2O2S. The van der Waals surface area contributed by atoms with Crippen molar-refractivity contribution in [3.05, 3.63) is 58.3 Å². The number of unbranched alkanes of at least 4 members (excludes halogenated alkanes) is 1. The van der Waals surface area contributed by atoms with E-state index in [0.29, 0.717) is 32.0 Å². The lowest BCUT2D eigenvalue weighted by atomic mass is 10.1. The highest BCUT2D eigenvalue weighted by Gasteiger charge is 2.22. The molecule has 1 aromatic carbocycles. The lowest BCUT2D eigenvalue weighted by molar-refractivity contribution is -0.141. The highest BCUT2D eigenvalue weighted by Crippen LogP contribution is 2.16. The lowest BCUT2D eigenvalue weighted by Gasteiger charge is -2.29. The predicted molar refractivity (Wildman–Crippen MR) is 116 cm³/mol. The van der Waals surface area contributed by atoms with Crippen LogP contribution in [-0.4, -0.2) is 34.7 Å². The van der Waals surface area contributed by atoms with E-state index >= 15 is 0 Å². The van der Waals surface area contributed by atoms with Crippen LogP contribution in [0.15, 0.2) is 47.8 Å². The summed E-state index contributed by atoms with van der Waals surface area (Å²) in [4.78, 5) is 30.6. The molecule has 28 heavy (non-hydrogen) atoms. The van der Waals surface area contributed by atoms with Crippen LogP contribution in [0.2, 0.25) is 0 Å². The highest BCUT2D eigenvalue weighted by molar-refractivity contribution is 7.09. The Hall–Kier alpha value is -2.14. The Balaban J connectivity index is 2.12. The number of benzene rings is 1. The molecule has 2 amide bonds. The van der Waals surface area contributed by atoms with Gasteiger partial charge in [0.2, 0.25) is 11.8 Å². The van der Waals surface area contributed by atoms with Crippen LogP contribution >= 0.6 is 11.3 Å². The summed E-state index contributed by atoms with van der Waals surface area (Å²) in [7, 11) is 0. The number of carbonyl (C=O) groups excluding carboxylic acids is 2. The molecule has 0 saturated heterocycles. The number of rotatable bonds is 11. The van der Waals surface area contributed by atoms with Crippen LogP contribution in [0.4, 0.5) is 0 Å². The zero-order chi connectivity index (χ0) is 20.4. The molecule has 0 spiro atoms. The Morgan fingerprint density at radius 2 is 1.71 bits per heavy atom. The minimum atomic E-state index is 0.00255. The van der Waals surface area contributed by atoms with Gasteiger partial charge in [-0.15, -0.1) is 11.3 Å². The molecule has 0 unspecified atom stereocenters. The molecular weight excluding hydrogens is 368 g/mol. The molecule has 5 heteroatoms. The van der Waals surface area contributed by atoms with Gasteiger partial charge in [0, 0.05) is 24.4 Å². The molecule has 0 N–H and O–H groups in total. The van der Waals surface area contributed by atoms with Crippen molar-refractivity contribution in [3.8, 4) is 0 Å². The summed E-state index contributed by atoms with van der Waals surface area (Å²) in [5, 5.41) is 2.03. The van der Waals surface area contributed by atoms with Gasteiger partial charge in [-0.25, -0.2) is 0 Å². The van der Waals surface area contributed by atoms with Crippen LogP contribution in [0.25, 0.3) is 0 Å². The molecule has 0 saturated carbocycles. The SMILES string of the molecule is CCCCC(=O)N(CC(=O)N(Cc1ccccc1)Cc1cccs1)CC(C)C. The Kier molecular flexibility index (Phi) is 9.21. The van der Waals surface area contributed by atoms with Crippen LogP contribution < -0.4 is 0 Å². The summed E-state index contributed by atoms with van der Waals surface area (Å²) < 4.78 is 0. The van der Waals surface area contributed by atoms with E-state index in [1.807, 2.05) is 52.7 Å². The van der Waals surface area contributed by atoms with Crippen molar-refractivity contribution in [1.82, 2.24) is 9.80 Å². The van der Waals surface area contributed by atoms with Crippen LogP contribution in [-0.2, 0) is 22.7 Å². The summed E-state index contributed by atoms with van der Waals surface area (Å²) in [5.41, 5.74) is 1.10. The Morgan fingerprint density at radius 3 is 2.32 bits per heavy atom. The molecule has 0 radical (unpaired) electrons. The average molecular weight is 401 g/mol. The molecule has 152 valence electrons. The molecule has 0 atom stereocenters. The van der Waals surface area contributed by atoms with Crippen molar-refractivity contribution >= 4 is 23.2 Å². The van der Waals surface area contributed by atoms with E-state index < -0.39 is 0 Å². The van der Waals surface area contributed by atoms with Gasteiger partial charge in [0.1, 0.15) is 0 Å². The Morgan fingerprint density at radius 1 is 0.964 bits per heavy atom. The largest absolute Gasteiger partial charge is 0.333 e. The van der Waals surface area contributed by atoms with Gasteiger partial charge in [0.05, 0.1) is 13.1 Å². The van der Waals surface area contributed by atoms with E-state index in [1.165, 1.54) is 0 Å². The normalized spacial score (nSPS) is 10.9. The van der Waals surface area contributed by atoms with Crippen molar-refractivity contribution in [2.24, 2.45) is 5.92 Å². The Labute approximate surface area is 173 Å². The zero-order valence-corrected chi connectivity index (χ0v) is 18.1. The molecule has 0 fully saturated rings. The maximum Gasteiger partial charge on any atom is 0.242 e. The van der Waals surface area contributed by atoms with E-state index in [2.05, 4.69) is 20.8 Å². The second-order valence-corrected chi connectivity index (χ2v) is 8.62. The summed E-state index contributed by atoms with van der Waals surface area (Å²) >= 11 is 1.65. The average Bonchev–Trinajstić information content (AvgIpc) is 3.18. The first-order valence-corrected chi connectivity index (χ1v) is 11.0. The number of amides is 2. The summed E-state index contributed by atoms with van der Waals surface area (Å²) in [5.74, 6) is 0.417. The number of hydrogen-bond donors (Lipinski definition) is 0. The summed E-state index contributed by atoms with van der Waals surface area (Å²) in [6.07, 6.45) is 2.36. The third-order valence-corrected chi connectivity index (χ3v) is 5.37. The van der Waals surface area contributed by atoms with Gasteiger partial charge >= 0.3 is 0 Å². The van der Waals surface area contributed by atoms with Crippen LogP contribution in [0.5, 0.6) is 0 Å². The molecule has 0 aliphatic heterocycles. The van der Waals surface area contributed by atoms with Crippen LogP contribution in [0.3, 0.4) is 0 Å². The van der Waals surface area contributed by atoms with Crippen LogP contribution in [0.1, 0.15) is 50.5 Å². The minimum absolute atomic E-state index is 0.00255. The number of carbonyl (C=O) groups is 2. The third-order valence-electron chi connectivity index (χ3n) is 4.50. The first kappa shape index (κ1) is 22.2. The minimum Gasteiger partial charge on any atom is -0.333 e. The van der Waals surface area contributed by atoms with E-state index in [1.54, 1.807) is 16.2 Å². The molecule has 2 aromatic rings. The van der Waals surface area contributed by atoms with Gasteiger partial charge in [0.25, 0.3) is 0 Å². The number of hydrogen-bond acceptors (Lipinski definition) is 3. The highest BCUT2D eigenvalue weighted by atomic mass is 32.1. The maximum absolute atomic E-state index is 13.2. The monoisotopic (exact) mass is 400 g/mol. The zero-order valence-electron chi connectivity index (χ0n) is 17.3. The Bertz CT molecular complexity index is 713. The van der Waals surface area contributed by atoms with Crippen molar-refractivity contribution in [2.45, 2.75) is 53.1 Å². The lowest BCUT2D eigenvalue weighted by Crippen LogP contribution is -2.43. The van der Waals surface area contributed by atoms with Gasteiger partial charge in [0.15, 0.2) is 0 Å². The number of nitrogens with zero attached hydrogens (tertiary/aromatic N) is 2. The standard InChI is InChI=1S/C23H32N2O2S/c1-4-5-13-22(26)24(15-19(2)3)18-23(27)25(17-21-12-9-14-28-21)16-20-10-7-6-8-11-20/h6-12,14,19H,4-5,13,15-18H2,1-3H3. The molecule has 4 nitrogen and oxygen atoms in total. The van der Waals surface area contributed by atoms with Crippen molar-refractivity contribution in [2.75, 3.05) is 13.1 Å². The van der Waals surface area contributed by atoms with E-state index in [9.17, 15) is 9.59 Å². The molecule has 1 heterocycles. The fourth-order valence-corrected chi connectivity index (χ4v) is 3.79. The molecule has 0 aliphatic rings. The molecule has 0 bridgehead atoms. The van der Waals surface area contributed by atoms with Gasteiger partial charge in [-0.2, -0.15) is 0 Å². The van der Waals surface area contributed by atoms with Crippen molar-refractivity contribution < 1.29 is 9.59 Å². The van der Waals surface area contributed by atoms with E-state index in [-0.39, 0.29) is 18.4 Å². The second kappa shape index (κ2) is 11.6. The van der Waals surface area contributed by atoms with Gasteiger partial charge in [-0.1, -0.05) is 63.6 Å². The smallest absolute Gasteiger partial charge is 0.242 e. The molecule has 1 aromatic heterocycles. The molecule has 2 rings (SSSR count). The van der Waals surface area contributed by atoms with Crippen molar-refractivity contribution in [1.29, 1.82) is 0 Å². The van der Waals surface area contributed by atoms with E-state index in [0.717, 1.165) is 23.3 Å². The van der Waals surface area contributed by atoms with Gasteiger partial charge in [-0.05, 0) is 29.3 Å². The summed E-state index contributed by atoms with van der Waals surface area (Å²) in [6, 6.07) is 14.1. The fourth-order valence-electron chi connectivity index (χ4n) is 3.07.